The highest BCUT2D eigenvalue weighted by Crippen LogP contribution is 2.45. The van der Waals surface area contributed by atoms with Crippen molar-refractivity contribution in [1.82, 2.24) is 10.2 Å². The number of halogens is 5. The van der Waals surface area contributed by atoms with Crippen LogP contribution in [0.5, 0.6) is 5.75 Å². The molecule has 1 atom stereocenters. The van der Waals surface area contributed by atoms with Crippen LogP contribution in [-0.2, 0) is 6.18 Å². The molecule has 0 unspecified atom stereocenters. The molecule has 0 aromatic heterocycles. The van der Waals surface area contributed by atoms with E-state index in [1.165, 1.54) is 7.11 Å². The van der Waals surface area contributed by atoms with Crippen molar-refractivity contribution < 1.29 is 17.9 Å². The first kappa shape index (κ1) is 23.3. The van der Waals surface area contributed by atoms with Crippen LogP contribution in [0.4, 0.5) is 13.2 Å². The van der Waals surface area contributed by atoms with E-state index < -0.39 is 11.7 Å². The van der Waals surface area contributed by atoms with E-state index >= 15 is 0 Å². The number of piperazine rings is 1. The van der Waals surface area contributed by atoms with E-state index in [4.69, 9.17) is 4.74 Å². The van der Waals surface area contributed by atoms with Crippen LogP contribution in [-0.4, -0.2) is 38.2 Å². The van der Waals surface area contributed by atoms with Gasteiger partial charge < -0.3 is 10.1 Å². The van der Waals surface area contributed by atoms with Crippen LogP contribution in [0.25, 0.3) is 0 Å². The zero-order valence-electron chi connectivity index (χ0n) is 14.8. The highest BCUT2D eigenvalue weighted by Gasteiger charge is 2.40. The summed E-state index contributed by atoms with van der Waals surface area (Å²) in [7, 11) is 1.40. The largest absolute Gasteiger partial charge is 0.497 e. The van der Waals surface area contributed by atoms with Crippen LogP contribution in [0, 0.1) is 5.92 Å². The molecule has 26 heavy (non-hydrogen) atoms. The minimum Gasteiger partial charge on any atom is -0.497 e. The van der Waals surface area contributed by atoms with Gasteiger partial charge in [0.25, 0.3) is 0 Å². The maximum atomic E-state index is 13.7. The Balaban J connectivity index is 0.00000169. The average molecular weight is 415 g/mol. The van der Waals surface area contributed by atoms with E-state index in [1.54, 1.807) is 12.1 Å². The van der Waals surface area contributed by atoms with Crippen molar-refractivity contribution in [3.05, 3.63) is 29.3 Å². The SMILES string of the molecule is COc1ccc([C@@H](C2CCCC2)N2CCNCC2)c(C(F)(F)F)c1.Cl.Cl. The molecular weight excluding hydrogens is 388 g/mol. The van der Waals surface area contributed by atoms with Gasteiger partial charge in [-0.25, -0.2) is 0 Å². The first-order chi connectivity index (χ1) is 11.5. The van der Waals surface area contributed by atoms with Gasteiger partial charge in [-0.3, -0.25) is 4.90 Å². The second-order valence-electron chi connectivity index (χ2n) is 6.73. The summed E-state index contributed by atoms with van der Waals surface area (Å²) in [6, 6.07) is 4.29. The van der Waals surface area contributed by atoms with Crippen LogP contribution >= 0.6 is 24.8 Å². The maximum Gasteiger partial charge on any atom is 0.416 e. The number of hydrogen-bond acceptors (Lipinski definition) is 3. The number of benzene rings is 1. The molecule has 2 aliphatic rings. The second kappa shape index (κ2) is 10.0. The monoisotopic (exact) mass is 414 g/mol. The quantitative estimate of drug-likeness (QED) is 0.772. The predicted molar refractivity (Wildman–Crippen MR) is 102 cm³/mol. The molecule has 1 aliphatic heterocycles. The van der Waals surface area contributed by atoms with Gasteiger partial charge in [0.2, 0.25) is 0 Å². The molecule has 2 fully saturated rings. The Morgan fingerprint density at radius 3 is 2.27 bits per heavy atom. The Labute approximate surface area is 165 Å². The Morgan fingerprint density at radius 2 is 1.73 bits per heavy atom. The number of hydrogen-bond donors (Lipinski definition) is 1. The Morgan fingerprint density at radius 1 is 1.12 bits per heavy atom. The van der Waals surface area contributed by atoms with Crippen molar-refractivity contribution in [3.8, 4) is 5.75 Å². The van der Waals surface area contributed by atoms with Gasteiger partial charge in [-0.1, -0.05) is 18.9 Å². The topological polar surface area (TPSA) is 24.5 Å². The summed E-state index contributed by atoms with van der Waals surface area (Å²) in [5, 5.41) is 3.29. The number of rotatable bonds is 4. The first-order valence-corrected chi connectivity index (χ1v) is 8.70. The standard InChI is InChI=1S/C18H25F3N2O.2ClH/c1-24-14-6-7-15(16(12-14)18(19,20)21)17(13-4-2-3-5-13)23-10-8-22-9-11-23;;/h6-7,12-13,17,22H,2-5,8-11H2,1H3;2*1H/t17-;;/m1../s1. The summed E-state index contributed by atoms with van der Waals surface area (Å²) >= 11 is 0. The minimum atomic E-state index is -4.37. The highest BCUT2D eigenvalue weighted by molar-refractivity contribution is 5.85. The number of alkyl halides is 3. The fourth-order valence-electron chi connectivity index (χ4n) is 4.15. The molecule has 1 aliphatic carbocycles. The van der Waals surface area contributed by atoms with Crippen molar-refractivity contribution in [2.24, 2.45) is 5.92 Å². The maximum absolute atomic E-state index is 13.7. The van der Waals surface area contributed by atoms with E-state index in [2.05, 4.69) is 10.2 Å². The molecule has 1 heterocycles. The molecule has 1 aromatic carbocycles. The van der Waals surface area contributed by atoms with Gasteiger partial charge in [0, 0.05) is 32.2 Å². The van der Waals surface area contributed by atoms with Crippen LogP contribution < -0.4 is 10.1 Å². The molecule has 0 spiro atoms. The van der Waals surface area contributed by atoms with E-state index in [9.17, 15) is 13.2 Å². The van der Waals surface area contributed by atoms with Crippen LogP contribution in [0.15, 0.2) is 18.2 Å². The van der Waals surface area contributed by atoms with E-state index in [0.717, 1.165) is 57.9 Å². The summed E-state index contributed by atoms with van der Waals surface area (Å²) in [5.41, 5.74) is -0.130. The van der Waals surface area contributed by atoms with Gasteiger partial charge in [0.15, 0.2) is 0 Å². The summed E-state index contributed by atoms with van der Waals surface area (Å²) in [6.07, 6.45) is -0.111. The third kappa shape index (κ3) is 5.18. The second-order valence-corrected chi connectivity index (χ2v) is 6.73. The zero-order valence-corrected chi connectivity index (χ0v) is 16.5. The van der Waals surface area contributed by atoms with Crippen molar-refractivity contribution in [3.63, 3.8) is 0 Å². The number of nitrogens with zero attached hydrogens (tertiary/aromatic N) is 1. The van der Waals surface area contributed by atoms with Crippen molar-refractivity contribution >= 4 is 24.8 Å². The summed E-state index contributed by atoms with van der Waals surface area (Å²) in [6.45, 7) is 3.26. The van der Waals surface area contributed by atoms with Crippen molar-refractivity contribution in [2.75, 3.05) is 33.3 Å². The summed E-state index contributed by atoms with van der Waals surface area (Å²) < 4.78 is 46.1. The molecular formula is C18H27Cl2F3N2O. The lowest BCUT2D eigenvalue weighted by atomic mass is 9.86. The predicted octanol–water partition coefficient (Wildman–Crippen LogP) is 4.69. The third-order valence-electron chi connectivity index (χ3n) is 5.28. The van der Waals surface area contributed by atoms with Gasteiger partial charge in [-0.05, 0) is 36.5 Å². The molecule has 1 N–H and O–H groups in total. The molecule has 0 radical (unpaired) electrons. The number of ether oxygens (including phenoxy) is 1. The highest BCUT2D eigenvalue weighted by atomic mass is 35.5. The van der Waals surface area contributed by atoms with Gasteiger partial charge in [-0.15, -0.1) is 24.8 Å². The molecule has 150 valence electrons. The zero-order chi connectivity index (χ0) is 17.2. The van der Waals surface area contributed by atoms with Gasteiger partial charge in [0.05, 0.1) is 12.7 Å². The smallest absolute Gasteiger partial charge is 0.416 e. The van der Waals surface area contributed by atoms with E-state index in [1.807, 2.05) is 0 Å². The molecule has 0 bridgehead atoms. The third-order valence-corrected chi connectivity index (χ3v) is 5.28. The molecule has 3 nitrogen and oxygen atoms in total. The van der Waals surface area contributed by atoms with Crippen LogP contribution in [0.2, 0.25) is 0 Å². The van der Waals surface area contributed by atoms with Gasteiger partial charge >= 0.3 is 6.18 Å². The number of methoxy groups -OCH3 is 1. The lowest BCUT2D eigenvalue weighted by Crippen LogP contribution is -2.47. The fourth-order valence-corrected chi connectivity index (χ4v) is 4.15. The van der Waals surface area contributed by atoms with E-state index in [-0.39, 0.29) is 36.6 Å². The van der Waals surface area contributed by atoms with Crippen LogP contribution in [0.1, 0.15) is 42.9 Å². The molecule has 1 aromatic rings. The molecule has 3 rings (SSSR count). The van der Waals surface area contributed by atoms with Gasteiger partial charge in [0.1, 0.15) is 5.75 Å². The Bertz CT molecular complexity index is 560. The summed E-state index contributed by atoms with van der Waals surface area (Å²) in [4.78, 5) is 2.24. The Hall–Kier alpha value is -0.690. The molecule has 1 saturated carbocycles. The average Bonchev–Trinajstić information content (AvgIpc) is 3.09. The molecule has 1 saturated heterocycles. The van der Waals surface area contributed by atoms with Crippen LogP contribution in [0.3, 0.4) is 0 Å². The lowest BCUT2D eigenvalue weighted by Gasteiger charge is -2.39. The Kier molecular flexibility index (Phi) is 9.00. The number of nitrogens with one attached hydrogen (secondary N) is 1. The molecule has 8 heteroatoms. The normalized spacial score (nSPS) is 20.2. The summed E-state index contributed by atoms with van der Waals surface area (Å²) in [5.74, 6) is 0.564. The van der Waals surface area contributed by atoms with Crippen molar-refractivity contribution in [2.45, 2.75) is 37.9 Å². The van der Waals surface area contributed by atoms with Gasteiger partial charge in [-0.2, -0.15) is 13.2 Å². The fraction of sp³-hybridized carbons (Fsp3) is 0.667. The van der Waals surface area contributed by atoms with Crippen molar-refractivity contribution in [1.29, 1.82) is 0 Å². The van der Waals surface area contributed by atoms with E-state index in [0.29, 0.717) is 11.5 Å². The lowest BCUT2D eigenvalue weighted by molar-refractivity contribution is -0.139. The first-order valence-electron chi connectivity index (χ1n) is 8.70. The minimum absolute atomic E-state index is 0. The molecule has 0 amide bonds.